The first-order chi connectivity index (χ1) is 11.6. The minimum Gasteiger partial charge on any atom is -0.481 e. The highest BCUT2D eigenvalue weighted by Crippen LogP contribution is 2.25. The number of nitrogens with one attached hydrogen (secondary N) is 1. The lowest BCUT2D eigenvalue weighted by Crippen LogP contribution is -2.20. The molecule has 0 saturated heterocycles. The smallest absolute Gasteiger partial charge is 0.264 e. The Morgan fingerprint density at radius 1 is 1.17 bits per heavy atom. The van der Waals surface area contributed by atoms with Gasteiger partial charge in [0, 0.05) is 10.9 Å². The lowest BCUT2D eigenvalue weighted by Gasteiger charge is -2.06. The summed E-state index contributed by atoms with van der Waals surface area (Å²) in [6.07, 6.45) is 0. The summed E-state index contributed by atoms with van der Waals surface area (Å²) in [6.45, 7) is -0.337. The van der Waals surface area contributed by atoms with Gasteiger partial charge in [0.15, 0.2) is 23.3 Å². The number of para-hydroxylation sites is 1. The molecule has 0 fully saturated rings. The van der Waals surface area contributed by atoms with Gasteiger partial charge in [-0.25, -0.2) is 13.8 Å². The van der Waals surface area contributed by atoms with Gasteiger partial charge >= 0.3 is 0 Å². The summed E-state index contributed by atoms with van der Waals surface area (Å²) >= 11 is 1.21. The normalized spacial score (nSPS) is 10.4. The summed E-state index contributed by atoms with van der Waals surface area (Å²) in [6, 6.07) is 11.9. The molecular weight excluding hydrogens is 334 g/mol. The second-order valence-electron chi connectivity index (χ2n) is 4.82. The lowest BCUT2D eigenvalue weighted by molar-refractivity contribution is -0.118. The average Bonchev–Trinajstić information content (AvgIpc) is 3.02. The van der Waals surface area contributed by atoms with E-state index in [0.717, 1.165) is 0 Å². The molecule has 3 rings (SSSR count). The Balaban J connectivity index is 1.60. The number of hydrogen-bond donors (Lipinski definition) is 1. The number of hydrogen-bond acceptors (Lipinski definition) is 4. The molecule has 3 aromatic rings. The summed E-state index contributed by atoms with van der Waals surface area (Å²) in [5.74, 6) is -1.34. The van der Waals surface area contributed by atoms with E-state index in [0.29, 0.717) is 16.4 Å². The fourth-order valence-electron chi connectivity index (χ4n) is 1.97. The van der Waals surface area contributed by atoms with Gasteiger partial charge in [0.25, 0.3) is 5.91 Å². The van der Waals surface area contributed by atoms with Gasteiger partial charge in [-0.15, -0.1) is 11.3 Å². The third kappa shape index (κ3) is 3.94. The molecule has 2 aromatic carbocycles. The first kappa shape index (κ1) is 16.1. The molecule has 1 aromatic heterocycles. The molecule has 0 saturated carbocycles. The monoisotopic (exact) mass is 346 g/mol. The maximum atomic E-state index is 13.4. The molecule has 0 aliphatic heterocycles. The number of halogens is 2. The highest BCUT2D eigenvalue weighted by atomic mass is 32.1. The van der Waals surface area contributed by atoms with Crippen molar-refractivity contribution < 1.29 is 18.3 Å². The number of carbonyl (C=O) groups excluding carboxylic acids is 1. The fourth-order valence-corrected chi connectivity index (χ4v) is 2.71. The highest BCUT2D eigenvalue weighted by molar-refractivity contribution is 7.14. The highest BCUT2D eigenvalue weighted by Gasteiger charge is 2.10. The van der Waals surface area contributed by atoms with Gasteiger partial charge in [0.05, 0.1) is 5.69 Å². The minimum absolute atomic E-state index is 0.00670. The van der Waals surface area contributed by atoms with Crippen molar-refractivity contribution >= 4 is 22.4 Å². The molecule has 0 radical (unpaired) electrons. The van der Waals surface area contributed by atoms with Crippen molar-refractivity contribution in [3.8, 4) is 17.0 Å². The SMILES string of the molecule is O=C(COc1ccccc1F)Nc1nc(-c2cccc(F)c2)cs1. The number of anilines is 1. The largest absolute Gasteiger partial charge is 0.481 e. The van der Waals surface area contributed by atoms with E-state index in [9.17, 15) is 13.6 Å². The van der Waals surface area contributed by atoms with Gasteiger partial charge in [-0.1, -0.05) is 24.3 Å². The summed E-state index contributed by atoms with van der Waals surface area (Å²) in [4.78, 5) is 16.1. The molecule has 0 aliphatic rings. The second-order valence-corrected chi connectivity index (χ2v) is 5.67. The lowest BCUT2D eigenvalue weighted by atomic mass is 10.2. The predicted molar refractivity (Wildman–Crippen MR) is 88.0 cm³/mol. The summed E-state index contributed by atoms with van der Waals surface area (Å²) in [5, 5.41) is 4.63. The van der Waals surface area contributed by atoms with Crippen molar-refractivity contribution in [2.45, 2.75) is 0 Å². The van der Waals surface area contributed by atoms with Crippen LogP contribution in [0, 0.1) is 11.6 Å². The summed E-state index contributed by atoms with van der Waals surface area (Å²) in [5.41, 5.74) is 1.18. The van der Waals surface area contributed by atoms with Gasteiger partial charge < -0.3 is 4.74 Å². The van der Waals surface area contributed by atoms with Crippen molar-refractivity contribution in [3.63, 3.8) is 0 Å². The van der Waals surface area contributed by atoms with Crippen LogP contribution in [0.1, 0.15) is 0 Å². The molecule has 0 aliphatic carbocycles. The molecule has 1 N–H and O–H groups in total. The molecule has 0 bridgehead atoms. The minimum atomic E-state index is -0.534. The van der Waals surface area contributed by atoms with Crippen LogP contribution in [-0.4, -0.2) is 17.5 Å². The first-order valence-corrected chi connectivity index (χ1v) is 7.88. The van der Waals surface area contributed by atoms with Crippen molar-refractivity contribution in [3.05, 3.63) is 65.5 Å². The molecule has 0 atom stereocenters. The van der Waals surface area contributed by atoms with Crippen molar-refractivity contribution in [2.75, 3.05) is 11.9 Å². The quantitative estimate of drug-likeness (QED) is 0.756. The zero-order chi connectivity index (χ0) is 16.9. The Morgan fingerprint density at radius 2 is 2.00 bits per heavy atom. The first-order valence-electron chi connectivity index (χ1n) is 7.00. The van der Waals surface area contributed by atoms with Crippen LogP contribution in [0.4, 0.5) is 13.9 Å². The number of thiazole rings is 1. The number of aromatic nitrogens is 1. The Labute approximate surface area is 140 Å². The number of benzene rings is 2. The standard InChI is InChI=1S/C17H12F2N2O2S/c18-12-5-3-4-11(8-12)14-10-24-17(20-14)21-16(22)9-23-15-7-2-1-6-13(15)19/h1-8,10H,9H2,(H,20,21,22). The third-order valence-corrected chi connectivity index (χ3v) is 3.82. The van der Waals surface area contributed by atoms with Crippen molar-refractivity contribution in [1.29, 1.82) is 0 Å². The van der Waals surface area contributed by atoms with Crippen LogP contribution in [0.25, 0.3) is 11.3 Å². The van der Waals surface area contributed by atoms with E-state index in [1.165, 1.54) is 41.7 Å². The molecule has 24 heavy (non-hydrogen) atoms. The average molecular weight is 346 g/mol. The van der Waals surface area contributed by atoms with E-state index in [1.54, 1.807) is 23.6 Å². The summed E-state index contributed by atoms with van der Waals surface area (Å²) < 4.78 is 31.7. The Hall–Kier alpha value is -2.80. The van der Waals surface area contributed by atoms with Gasteiger partial charge in [-0.05, 0) is 24.3 Å². The van der Waals surface area contributed by atoms with Crippen LogP contribution in [0.2, 0.25) is 0 Å². The van der Waals surface area contributed by atoms with Crippen molar-refractivity contribution in [2.24, 2.45) is 0 Å². The number of ether oxygens (including phenoxy) is 1. The maximum Gasteiger partial charge on any atom is 0.264 e. The molecule has 0 spiro atoms. The van der Waals surface area contributed by atoms with Crippen LogP contribution in [-0.2, 0) is 4.79 Å². The molecular formula is C17H12F2N2O2S. The number of rotatable bonds is 5. The third-order valence-electron chi connectivity index (χ3n) is 3.07. The Morgan fingerprint density at radius 3 is 2.79 bits per heavy atom. The fraction of sp³-hybridized carbons (Fsp3) is 0.0588. The molecule has 0 unspecified atom stereocenters. The van der Waals surface area contributed by atoms with Crippen LogP contribution < -0.4 is 10.1 Å². The van der Waals surface area contributed by atoms with Crippen molar-refractivity contribution in [1.82, 2.24) is 4.98 Å². The number of amides is 1. The van der Waals surface area contributed by atoms with Gasteiger partial charge in [0.2, 0.25) is 0 Å². The summed E-state index contributed by atoms with van der Waals surface area (Å²) in [7, 11) is 0. The van der Waals surface area contributed by atoms with Crippen LogP contribution in [0.5, 0.6) is 5.75 Å². The van der Waals surface area contributed by atoms with E-state index in [4.69, 9.17) is 4.74 Å². The van der Waals surface area contributed by atoms with Gasteiger partial charge in [-0.2, -0.15) is 0 Å². The van der Waals surface area contributed by atoms with E-state index < -0.39 is 11.7 Å². The van der Waals surface area contributed by atoms with Crippen LogP contribution >= 0.6 is 11.3 Å². The van der Waals surface area contributed by atoms with Gasteiger partial charge in [0.1, 0.15) is 5.82 Å². The maximum absolute atomic E-state index is 13.4. The van der Waals surface area contributed by atoms with E-state index in [-0.39, 0.29) is 18.2 Å². The molecule has 122 valence electrons. The van der Waals surface area contributed by atoms with E-state index in [1.807, 2.05) is 0 Å². The van der Waals surface area contributed by atoms with Crippen LogP contribution in [0.15, 0.2) is 53.9 Å². The predicted octanol–water partition coefficient (Wildman–Crippen LogP) is 4.11. The number of carbonyl (C=O) groups is 1. The van der Waals surface area contributed by atoms with E-state index in [2.05, 4.69) is 10.3 Å². The zero-order valence-electron chi connectivity index (χ0n) is 12.3. The zero-order valence-corrected chi connectivity index (χ0v) is 13.1. The second kappa shape index (κ2) is 7.18. The number of nitrogens with zero attached hydrogens (tertiary/aromatic N) is 1. The molecule has 1 amide bonds. The van der Waals surface area contributed by atoms with Crippen LogP contribution in [0.3, 0.4) is 0 Å². The van der Waals surface area contributed by atoms with E-state index >= 15 is 0 Å². The van der Waals surface area contributed by atoms with Gasteiger partial charge in [-0.3, -0.25) is 10.1 Å². The Bertz CT molecular complexity index is 867. The molecule has 1 heterocycles. The molecule has 4 nitrogen and oxygen atoms in total. The Kier molecular flexibility index (Phi) is 4.81. The molecule has 7 heteroatoms. The topological polar surface area (TPSA) is 51.2 Å².